The molecule has 1 aliphatic rings. The maximum absolute atomic E-state index is 16.2. The van der Waals surface area contributed by atoms with Crippen LogP contribution in [0, 0.1) is 24.1 Å². The largest absolute Gasteiger partial charge is 0.467 e. The number of halogens is 5. The van der Waals surface area contributed by atoms with Crippen LogP contribution in [-0.4, -0.2) is 65.6 Å². The summed E-state index contributed by atoms with van der Waals surface area (Å²) in [6, 6.07) is 3.79. The molecule has 210 valence electrons. The second-order valence-corrected chi connectivity index (χ2v) is 9.38. The Morgan fingerprint density at radius 3 is 2.65 bits per heavy atom. The van der Waals surface area contributed by atoms with E-state index in [4.69, 9.17) is 16.3 Å². The highest BCUT2D eigenvalue weighted by atomic mass is 35.5. The van der Waals surface area contributed by atoms with Gasteiger partial charge in [0, 0.05) is 32.1 Å². The predicted octanol–water partition coefficient (Wildman–Crippen LogP) is 4.98. The lowest BCUT2D eigenvalue weighted by atomic mass is 9.98. The van der Waals surface area contributed by atoms with Gasteiger partial charge in [-0.3, -0.25) is 4.79 Å². The van der Waals surface area contributed by atoms with Gasteiger partial charge in [-0.2, -0.15) is 28.4 Å². The number of carbonyl (C=O) groups excluding carboxylic acids is 1. The van der Waals surface area contributed by atoms with Crippen molar-refractivity contribution < 1.29 is 27.1 Å². The number of hydrogen-bond donors (Lipinski definition) is 1. The Morgan fingerprint density at radius 1 is 1.32 bits per heavy atom. The molecule has 0 spiro atoms. The minimum absolute atomic E-state index is 0.0164. The zero-order valence-corrected chi connectivity index (χ0v) is 22.5. The molecule has 1 aliphatic heterocycles. The van der Waals surface area contributed by atoms with Crippen molar-refractivity contribution in [1.82, 2.24) is 19.9 Å². The number of piperazine rings is 1. The quantitative estimate of drug-likeness (QED) is 0.323. The molecule has 0 aliphatic carbocycles. The molecule has 1 amide bonds. The Morgan fingerprint density at radius 2 is 2.05 bits per heavy atom. The summed E-state index contributed by atoms with van der Waals surface area (Å²) >= 11 is 6.48. The van der Waals surface area contributed by atoms with Crippen LogP contribution in [-0.2, 0) is 11.0 Å². The Balaban J connectivity index is 1.94. The molecule has 1 N–H and O–H groups in total. The first-order valence-corrected chi connectivity index (χ1v) is 12.4. The van der Waals surface area contributed by atoms with Gasteiger partial charge in [0.15, 0.2) is 5.82 Å². The Kier molecular flexibility index (Phi) is 8.02. The first-order valence-electron chi connectivity index (χ1n) is 12.0. The number of aromatic nitrogens is 3. The number of pyridine rings is 1. The zero-order valence-electron chi connectivity index (χ0n) is 21.7. The molecule has 2 aromatic heterocycles. The third kappa shape index (κ3) is 5.19. The van der Waals surface area contributed by atoms with E-state index in [1.165, 1.54) is 38.1 Å². The Labute approximate surface area is 232 Å². The van der Waals surface area contributed by atoms with Crippen molar-refractivity contribution in [3.8, 4) is 23.3 Å². The van der Waals surface area contributed by atoms with Gasteiger partial charge >= 0.3 is 12.2 Å². The van der Waals surface area contributed by atoms with Crippen molar-refractivity contribution >= 4 is 40.0 Å². The molecule has 1 fully saturated rings. The first-order chi connectivity index (χ1) is 18.9. The number of aryl methyl sites for hydroxylation is 1. The van der Waals surface area contributed by atoms with Gasteiger partial charge in [-0.05, 0) is 30.7 Å². The van der Waals surface area contributed by atoms with Crippen LogP contribution >= 0.6 is 11.6 Å². The van der Waals surface area contributed by atoms with E-state index in [-0.39, 0.29) is 71.1 Å². The lowest BCUT2D eigenvalue weighted by Crippen LogP contribution is -2.55. The van der Waals surface area contributed by atoms with Gasteiger partial charge in [-0.15, -0.1) is 0 Å². The van der Waals surface area contributed by atoms with Gasteiger partial charge in [0.25, 0.3) is 0 Å². The highest BCUT2D eigenvalue weighted by Crippen LogP contribution is 2.44. The zero-order chi connectivity index (χ0) is 29.4. The summed E-state index contributed by atoms with van der Waals surface area (Å²) in [5.41, 5.74) is -2.89. The fourth-order valence-electron chi connectivity index (χ4n) is 4.78. The van der Waals surface area contributed by atoms with Crippen molar-refractivity contribution in [3.05, 3.63) is 46.8 Å². The maximum Gasteiger partial charge on any atom is 0.418 e. The number of ether oxygens (including phenoxy) is 1. The second-order valence-electron chi connectivity index (χ2n) is 8.97. The molecule has 0 unspecified atom stereocenters. The second kappa shape index (κ2) is 11.1. The number of fused-ring (bicyclic) bond motifs is 1. The van der Waals surface area contributed by atoms with Gasteiger partial charge < -0.3 is 19.9 Å². The lowest BCUT2D eigenvalue weighted by molar-refractivity contribution is -0.137. The van der Waals surface area contributed by atoms with Crippen molar-refractivity contribution in [2.24, 2.45) is 0 Å². The van der Waals surface area contributed by atoms with Crippen LogP contribution in [0.5, 0.6) is 6.01 Å². The number of benzene rings is 1. The topological polar surface area (TPSA) is 107 Å². The van der Waals surface area contributed by atoms with Gasteiger partial charge in [0.1, 0.15) is 17.2 Å². The fraction of sp³-hybridized carbons (Fsp3) is 0.346. The summed E-state index contributed by atoms with van der Waals surface area (Å²) in [6.07, 6.45) is -3.67. The summed E-state index contributed by atoms with van der Waals surface area (Å²) < 4.78 is 63.8. The lowest BCUT2D eigenvalue weighted by Gasteiger charge is -2.41. The number of rotatable bonds is 6. The number of hydrogen-bond acceptors (Lipinski definition) is 8. The summed E-state index contributed by atoms with van der Waals surface area (Å²) in [7, 11) is 2.74. The maximum atomic E-state index is 16.2. The van der Waals surface area contributed by atoms with Crippen molar-refractivity contribution in [2.45, 2.75) is 25.6 Å². The molecule has 0 saturated carbocycles. The van der Waals surface area contributed by atoms with Crippen LogP contribution in [0.4, 0.5) is 29.2 Å². The monoisotopic (exact) mass is 577 g/mol. The molecule has 1 saturated heterocycles. The van der Waals surface area contributed by atoms with Crippen LogP contribution in [0.15, 0.2) is 24.8 Å². The molecule has 40 heavy (non-hydrogen) atoms. The highest BCUT2D eigenvalue weighted by Gasteiger charge is 2.39. The molecule has 9 nitrogen and oxygen atoms in total. The van der Waals surface area contributed by atoms with E-state index in [1.54, 1.807) is 4.90 Å². The van der Waals surface area contributed by atoms with Crippen LogP contribution < -0.4 is 15.0 Å². The standard InChI is InChI=1S/C26H24ClF4N7O2/c1-5-18(39)38-9-8-37(12-14(38)6-7-32)24-15-11-16(27)19(21(28)22(15)35-25(36-24)40-4)23-20(26(29,30)31)13(2)10-17(33-3)34-23/h5,10-11,14H,1,6,8-9,12H2,2-4H3,(H,33,34)/t14-/m0/s1. The summed E-state index contributed by atoms with van der Waals surface area (Å²) in [5, 5.41) is 11.8. The third-order valence-electron chi connectivity index (χ3n) is 6.58. The number of anilines is 2. The molecule has 0 bridgehead atoms. The van der Waals surface area contributed by atoms with E-state index in [0.717, 1.165) is 6.08 Å². The Bertz CT molecular complexity index is 1540. The van der Waals surface area contributed by atoms with Gasteiger partial charge in [-0.1, -0.05) is 18.2 Å². The van der Waals surface area contributed by atoms with E-state index in [0.29, 0.717) is 0 Å². The van der Waals surface area contributed by atoms with Crippen molar-refractivity contribution in [1.29, 1.82) is 5.26 Å². The number of nitrogens with zero attached hydrogens (tertiary/aromatic N) is 6. The summed E-state index contributed by atoms with van der Waals surface area (Å²) in [4.78, 5) is 28.0. The molecule has 3 aromatic rings. The van der Waals surface area contributed by atoms with Crippen LogP contribution in [0.2, 0.25) is 5.02 Å². The molecule has 4 rings (SSSR count). The number of nitrogens with one attached hydrogen (secondary N) is 1. The van der Waals surface area contributed by atoms with Gasteiger partial charge in [-0.25, -0.2) is 9.37 Å². The minimum Gasteiger partial charge on any atom is -0.467 e. The molecule has 1 atom stereocenters. The Hall–Kier alpha value is -4.18. The average Bonchev–Trinajstić information content (AvgIpc) is 2.91. The number of alkyl halides is 3. The minimum atomic E-state index is -4.85. The molecular formula is C26H24ClF4N7O2. The van der Waals surface area contributed by atoms with E-state index in [1.807, 2.05) is 0 Å². The first kappa shape index (κ1) is 28.8. The normalized spacial score (nSPS) is 15.6. The number of amides is 1. The smallest absolute Gasteiger partial charge is 0.418 e. The number of methoxy groups -OCH3 is 1. The molecule has 3 heterocycles. The van der Waals surface area contributed by atoms with Crippen LogP contribution in [0.3, 0.4) is 0 Å². The van der Waals surface area contributed by atoms with E-state index in [9.17, 15) is 23.2 Å². The van der Waals surface area contributed by atoms with Crippen molar-refractivity contribution in [2.75, 3.05) is 44.0 Å². The van der Waals surface area contributed by atoms with E-state index < -0.39 is 34.9 Å². The summed E-state index contributed by atoms with van der Waals surface area (Å²) in [5.74, 6) is -1.19. The van der Waals surface area contributed by atoms with Gasteiger partial charge in [0.2, 0.25) is 5.91 Å². The van der Waals surface area contributed by atoms with Crippen LogP contribution in [0.1, 0.15) is 17.5 Å². The number of nitriles is 1. The highest BCUT2D eigenvalue weighted by molar-refractivity contribution is 6.34. The SMILES string of the molecule is C=CC(=O)N1CCN(c2nc(OC)nc3c(F)c(-c4nc(NC)cc(C)c4C(F)(F)F)c(Cl)cc23)C[C@@H]1CC#N. The van der Waals surface area contributed by atoms with E-state index >= 15 is 4.39 Å². The predicted molar refractivity (Wildman–Crippen MR) is 142 cm³/mol. The van der Waals surface area contributed by atoms with Crippen molar-refractivity contribution in [3.63, 3.8) is 0 Å². The molecule has 1 aromatic carbocycles. The molecular weight excluding hydrogens is 554 g/mol. The third-order valence-corrected chi connectivity index (χ3v) is 6.88. The number of carbonyl (C=O) groups is 1. The average molecular weight is 578 g/mol. The van der Waals surface area contributed by atoms with Gasteiger partial charge in [0.05, 0.1) is 47.5 Å². The summed E-state index contributed by atoms with van der Waals surface area (Å²) in [6.45, 7) is 5.38. The molecule has 14 heteroatoms. The fourth-order valence-corrected chi connectivity index (χ4v) is 5.07. The molecule has 0 radical (unpaired) electrons. The van der Waals surface area contributed by atoms with Crippen LogP contribution in [0.25, 0.3) is 22.2 Å². The van der Waals surface area contributed by atoms with E-state index in [2.05, 4.69) is 32.9 Å².